The maximum absolute atomic E-state index is 6.44. The van der Waals surface area contributed by atoms with Crippen LogP contribution in [-0.4, -0.2) is 0 Å². The van der Waals surface area contributed by atoms with Gasteiger partial charge >= 0.3 is 5.69 Å². The molecule has 0 aliphatic carbocycles. The third kappa shape index (κ3) is 8.31. The normalized spacial score (nSPS) is 11.3. The highest BCUT2D eigenvalue weighted by Crippen LogP contribution is 2.61. The first kappa shape index (κ1) is 24.9. The van der Waals surface area contributed by atoms with Gasteiger partial charge < -0.3 is 9.05 Å². The van der Waals surface area contributed by atoms with Crippen LogP contribution in [0, 0.1) is 0 Å². The Morgan fingerprint density at radius 3 is 1.69 bits per heavy atom. The molecule has 0 aliphatic heterocycles. The summed E-state index contributed by atoms with van der Waals surface area (Å²) in [5.74, 6) is 2.35. The predicted octanol–water partition coefficient (Wildman–Crippen LogP) is 8.99. The van der Waals surface area contributed by atoms with Crippen LogP contribution in [0.25, 0.3) is 0 Å². The van der Waals surface area contributed by atoms with E-state index in [-0.39, 0.29) is 0 Å². The lowest BCUT2D eigenvalue weighted by molar-refractivity contribution is 0.505. The largest absolute Gasteiger partial charge is 0.428 e. The zero-order valence-corrected chi connectivity index (χ0v) is 21.6. The fraction of sp³-hybridized carbons (Fsp3) is 0.333. The summed E-state index contributed by atoms with van der Waals surface area (Å²) in [4.78, 5) is 0. The van der Waals surface area contributed by atoms with E-state index in [0.717, 1.165) is 30.1 Å². The zero-order valence-electron chi connectivity index (χ0n) is 19.0. The molecule has 0 aromatic heterocycles. The molecule has 0 atom stereocenters. The van der Waals surface area contributed by atoms with Gasteiger partial charge in [-0.3, -0.25) is 0 Å². The van der Waals surface area contributed by atoms with Crippen molar-refractivity contribution in [3.63, 3.8) is 0 Å². The van der Waals surface area contributed by atoms with Crippen molar-refractivity contribution in [2.45, 2.75) is 58.1 Å². The molecule has 3 aromatic rings. The van der Waals surface area contributed by atoms with Gasteiger partial charge in [0.2, 0.25) is 0 Å². The molecule has 0 heterocycles. The van der Waals surface area contributed by atoms with Crippen LogP contribution in [0.5, 0.6) is 11.5 Å². The van der Waals surface area contributed by atoms with Gasteiger partial charge in [0.05, 0.1) is 0 Å². The summed E-state index contributed by atoms with van der Waals surface area (Å²) in [6.45, 7) is 4.42. The molecule has 0 saturated heterocycles. The first-order valence-electron chi connectivity index (χ1n) is 11.5. The Bertz CT molecular complexity index is 950. The number of benzene rings is 3. The van der Waals surface area contributed by atoms with Crippen molar-refractivity contribution in [1.29, 1.82) is 0 Å². The topological polar surface area (TPSA) is 18.5 Å². The Labute approximate surface area is 202 Å². The molecule has 32 heavy (non-hydrogen) atoms. The summed E-state index contributed by atoms with van der Waals surface area (Å²) >= 11 is 7.65. The van der Waals surface area contributed by atoms with Crippen LogP contribution in [0.3, 0.4) is 0 Å². The average molecular weight is 485 g/mol. The summed E-state index contributed by atoms with van der Waals surface area (Å²) < 4.78 is 12.9. The van der Waals surface area contributed by atoms with Crippen LogP contribution in [0.4, 0.5) is 0 Å². The molecule has 5 heteroatoms. The molecule has 0 radical (unpaired) electrons. The molecule has 3 rings (SSSR count). The molecule has 3 aromatic carbocycles. The van der Waals surface area contributed by atoms with E-state index in [2.05, 4.69) is 62.4 Å². The SMILES string of the molecule is CCCCc1cccc(OP(=S)(Oc2cccc(CCCC)c2)SCc2ccccc2)c1. The van der Waals surface area contributed by atoms with Crippen LogP contribution >= 0.6 is 17.1 Å². The van der Waals surface area contributed by atoms with Gasteiger partial charge in [-0.2, -0.15) is 0 Å². The lowest BCUT2D eigenvalue weighted by Crippen LogP contribution is -1.99. The Hall–Kier alpha value is -1.74. The number of rotatable bonds is 13. The van der Waals surface area contributed by atoms with E-state index in [1.54, 1.807) is 11.4 Å². The van der Waals surface area contributed by atoms with Gasteiger partial charge in [0.1, 0.15) is 11.5 Å². The molecule has 170 valence electrons. The fourth-order valence-corrected chi connectivity index (χ4v) is 7.47. The van der Waals surface area contributed by atoms with E-state index in [1.165, 1.54) is 42.4 Å². The number of hydrogen-bond acceptors (Lipinski definition) is 4. The van der Waals surface area contributed by atoms with Crippen molar-refractivity contribution in [3.05, 3.63) is 95.6 Å². The van der Waals surface area contributed by atoms with Gasteiger partial charge in [-0.1, -0.05) is 81.3 Å². The second kappa shape index (κ2) is 13.1. The van der Waals surface area contributed by atoms with Crippen LogP contribution in [0.2, 0.25) is 0 Å². The summed E-state index contributed by atoms with van der Waals surface area (Å²) in [5, 5.41) is 0. The summed E-state index contributed by atoms with van der Waals surface area (Å²) in [6.07, 6.45) is 6.78. The molecule has 0 amide bonds. The van der Waals surface area contributed by atoms with Crippen molar-refractivity contribution in [2.24, 2.45) is 0 Å². The van der Waals surface area contributed by atoms with Crippen molar-refractivity contribution < 1.29 is 9.05 Å². The molecular weight excluding hydrogens is 451 g/mol. The van der Waals surface area contributed by atoms with Gasteiger partial charge in [-0.25, -0.2) is 0 Å². The molecular formula is C27H33O2PS2. The number of aryl methyl sites for hydroxylation is 2. The lowest BCUT2D eigenvalue weighted by Gasteiger charge is -2.23. The van der Waals surface area contributed by atoms with Crippen LogP contribution < -0.4 is 9.05 Å². The van der Waals surface area contributed by atoms with E-state index in [9.17, 15) is 0 Å². The van der Waals surface area contributed by atoms with E-state index >= 15 is 0 Å². The maximum atomic E-state index is 6.44. The van der Waals surface area contributed by atoms with Crippen LogP contribution in [0.1, 0.15) is 56.2 Å². The van der Waals surface area contributed by atoms with E-state index < -0.39 is 5.69 Å². The van der Waals surface area contributed by atoms with E-state index in [4.69, 9.17) is 20.9 Å². The second-order valence-corrected chi connectivity index (χ2v) is 14.0. The smallest absolute Gasteiger partial charge is 0.348 e. The second-order valence-electron chi connectivity index (χ2n) is 7.89. The Morgan fingerprint density at radius 1 is 0.688 bits per heavy atom. The third-order valence-corrected chi connectivity index (χ3v) is 9.93. The monoisotopic (exact) mass is 484 g/mol. The van der Waals surface area contributed by atoms with E-state index in [1.807, 2.05) is 30.3 Å². The summed E-state index contributed by atoms with van der Waals surface area (Å²) in [5.41, 5.74) is 1.10. The highest BCUT2D eigenvalue weighted by Gasteiger charge is 2.24. The highest BCUT2D eigenvalue weighted by atomic mass is 32.9. The summed E-state index contributed by atoms with van der Waals surface area (Å²) in [6, 6.07) is 27.0. The van der Waals surface area contributed by atoms with Crippen molar-refractivity contribution in [1.82, 2.24) is 0 Å². The average Bonchev–Trinajstić information content (AvgIpc) is 2.81. The molecule has 0 bridgehead atoms. The minimum atomic E-state index is -2.67. The van der Waals surface area contributed by atoms with Gasteiger partial charge in [0, 0.05) is 5.75 Å². The van der Waals surface area contributed by atoms with Gasteiger partial charge in [0.25, 0.3) is 0 Å². The van der Waals surface area contributed by atoms with Crippen LogP contribution in [-0.2, 0) is 30.4 Å². The molecule has 0 saturated carbocycles. The number of unbranched alkanes of at least 4 members (excludes halogenated alkanes) is 2. The Morgan fingerprint density at radius 2 is 1.19 bits per heavy atom. The van der Waals surface area contributed by atoms with Crippen LogP contribution in [0.15, 0.2) is 78.9 Å². The molecule has 2 nitrogen and oxygen atoms in total. The molecule has 0 aliphatic rings. The Balaban J connectivity index is 1.80. The Kier molecular flexibility index (Phi) is 10.2. The van der Waals surface area contributed by atoms with Crippen molar-refractivity contribution >= 4 is 28.9 Å². The van der Waals surface area contributed by atoms with E-state index in [0.29, 0.717) is 0 Å². The molecule has 0 fully saturated rings. The fourth-order valence-electron chi connectivity index (χ4n) is 3.33. The third-order valence-electron chi connectivity index (χ3n) is 5.10. The summed E-state index contributed by atoms with van der Waals surface area (Å²) in [7, 11) is 0. The zero-order chi connectivity index (χ0) is 22.7. The van der Waals surface area contributed by atoms with Gasteiger partial charge in [-0.15, -0.1) is 0 Å². The predicted molar refractivity (Wildman–Crippen MR) is 143 cm³/mol. The van der Waals surface area contributed by atoms with Crippen molar-refractivity contribution in [2.75, 3.05) is 0 Å². The standard InChI is InChI=1S/C27H33O2PS2/c1-3-5-12-23-16-10-18-26(20-23)28-30(31,32-22-25-14-8-7-9-15-25)29-27-19-11-17-24(21-27)13-6-4-2/h7-11,14-21H,3-6,12-13,22H2,1-2H3. The molecule has 0 spiro atoms. The minimum absolute atomic E-state index is 0.753. The molecule has 0 unspecified atom stereocenters. The maximum Gasteiger partial charge on any atom is 0.348 e. The van der Waals surface area contributed by atoms with Crippen molar-refractivity contribution in [3.8, 4) is 11.5 Å². The first-order valence-corrected chi connectivity index (χ1v) is 15.7. The highest BCUT2D eigenvalue weighted by molar-refractivity contribution is 8.67. The quantitative estimate of drug-likeness (QED) is 0.225. The lowest BCUT2D eigenvalue weighted by atomic mass is 10.1. The number of hydrogen-bond donors (Lipinski definition) is 0. The van der Waals surface area contributed by atoms with Gasteiger partial charge in [0.15, 0.2) is 0 Å². The minimum Gasteiger partial charge on any atom is -0.428 e. The molecule has 0 N–H and O–H groups in total. The first-order chi connectivity index (χ1) is 15.6. The van der Waals surface area contributed by atoms with Gasteiger partial charge in [-0.05, 0) is 89.8 Å².